The summed E-state index contributed by atoms with van der Waals surface area (Å²) in [7, 11) is 0. The number of halogens is 2. The van der Waals surface area contributed by atoms with Crippen LogP contribution in [-0.2, 0) is 0 Å². The van der Waals surface area contributed by atoms with Gasteiger partial charge in [0.15, 0.2) is 11.5 Å². The number of benzene rings is 2. The summed E-state index contributed by atoms with van der Waals surface area (Å²) in [6.07, 6.45) is 0. The summed E-state index contributed by atoms with van der Waals surface area (Å²) in [4.78, 5) is 23.6. The molecule has 2 aromatic carbocycles. The molecule has 2 aromatic rings. The van der Waals surface area contributed by atoms with Crippen LogP contribution in [0.1, 0.15) is 20.7 Å². The number of hydrazine groups is 1. The van der Waals surface area contributed by atoms with Crippen LogP contribution in [0.15, 0.2) is 36.4 Å². The average Bonchev–Trinajstić information content (AvgIpc) is 2.50. The molecule has 0 aliphatic carbocycles. The van der Waals surface area contributed by atoms with Crippen molar-refractivity contribution in [3.63, 3.8) is 0 Å². The van der Waals surface area contributed by atoms with Crippen LogP contribution in [0.5, 0.6) is 11.5 Å². The molecular weight excluding hydrogens is 331 g/mol. The van der Waals surface area contributed by atoms with Gasteiger partial charge < -0.3 is 10.2 Å². The molecule has 8 heteroatoms. The molecule has 0 saturated carbocycles. The lowest BCUT2D eigenvalue weighted by molar-refractivity contribution is 0.0846. The molecule has 0 fully saturated rings. The van der Waals surface area contributed by atoms with Gasteiger partial charge >= 0.3 is 0 Å². The SMILES string of the molecule is O=C(NNC(=O)c1ccc(Cl)c(Cl)c1)c1ccc(O)c(O)c1. The van der Waals surface area contributed by atoms with Gasteiger partial charge in [-0.15, -0.1) is 0 Å². The van der Waals surface area contributed by atoms with Crippen molar-refractivity contribution in [3.8, 4) is 11.5 Å². The fourth-order valence-corrected chi connectivity index (χ4v) is 1.86. The molecule has 0 aromatic heterocycles. The molecule has 0 bridgehead atoms. The van der Waals surface area contributed by atoms with Gasteiger partial charge in [-0.05, 0) is 36.4 Å². The Labute approximate surface area is 135 Å². The summed E-state index contributed by atoms with van der Waals surface area (Å²) in [5, 5.41) is 19.0. The Bertz CT molecular complexity index is 686. The number of rotatable bonds is 2. The third-order valence-corrected chi connectivity index (χ3v) is 3.45. The van der Waals surface area contributed by atoms with Crippen LogP contribution in [0.25, 0.3) is 0 Å². The molecule has 114 valence electrons. The zero-order valence-electron chi connectivity index (χ0n) is 10.9. The molecule has 2 rings (SSSR count). The topological polar surface area (TPSA) is 98.7 Å². The van der Waals surface area contributed by atoms with Crippen molar-refractivity contribution in [3.05, 3.63) is 57.6 Å². The van der Waals surface area contributed by atoms with Crippen LogP contribution in [-0.4, -0.2) is 22.0 Å². The maximum absolute atomic E-state index is 11.8. The molecule has 6 nitrogen and oxygen atoms in total. The second-order valence-corrected chi connectivity index (χ2v) is 5.06. The van der Waals surface area contributed by atoms with Gasteiger partial charge in [0.05, 0.1) is 10.0 Å². The van der Waals surface area contributed by atoms with Gasteiger partial charge in [-0.25, -0.2) is 0 Å². The summed E-state index contributed by atoms with van der Waals surface area (Å²) in [6.45, 7) is 0. The normalized spacial score (nSPS) is 10.1. The Balaban J connectivity index is 2.02. The van der Waals surface area contributed by atoms with Crippen LogP contribution in [0.3, 0.4) is 0 Å². The van der Waals surface area contributed by atoms with Crippen molar-refractivity contribution in [2.45, 2.75) is 0 Å². The lowest BCUT2D eigenvalue weighted by Crippen LogP contribution is -2.41. The van der Waals surface area contributed by atoms with Crippen LogP contribution >= 0.6 is 23.2 Å². The first-order valence-corrected chi connectivity index (χ1v) is 6.72. The Morgan fingerprint density at radius 1 is 0.773 bits per heavy atom. The molecule has 0 saturated heterocycles. The maximum Gasteiger partial charge on any atom is 0.269 e. The fourth-order valence-electron chi connectivity index (χ4n) is 1.56. The third-order valence-electron chi connectivity index (χ3n) is 2.71. The first-order chi connectivity index (χ1) is 10.4. The van der Waals surface area contributed by atoms with Crippen LogP contribution < -0.4 is 10.9 Å². The number of phenols is 2. The van der Waals surface area contributed by atoms with Crippen molar-refractivity contribution in [1.82, 2.24) is 10.9 Å². The monoisotopic (exact) mass is 340 g/mol. The summed E-state index contributed by atoms with van der Waals surface area (Å²) in [5.74, 6) is -2.04. The van der Waals surface area contributed by atoms with Gasteiger partial charge in [-0.2, -0.15) is 0 Å². The van der Waals surface area contributed by atoms with E-state index in [1.807, 2.05) is 0 Å². The van der Waals surface area contributed by atoms with Crippen molar-refractivity contribution in [2.24, 2.45) is 0 Å². The van der Waals surface area contributed by atoms with Gasteiger partial charge in [-0.3, -0.25) is 20.4 Å². The summed E-state index contributed by atoms with van der Waals surface area (Å²) in [5.41, 5.74) is 4.64. The molecule has 4 N–H and O–H groups in total. The van der Waals surface area contributed by atoms with Crippen LogP contribution in [0.2, 0.25) is 10.0 Å². The van der Waals surface area contributed by atoms with E-state index in [-0.39, 0.29) is 21.9 Å². The minimum atomic E-state index is -0.663. The zero-order valence-corrected chi connectivity index (χ0v) is 12.4. The van der Waals surface area contributed by atoms with E-state index < -0.39 is 17.6 Å². The minimum absolute atomic E-state index is 0.0599. The minimum Gasteiger partial charge on any atom is -0.504 e. The Morgan fingerprint density at radius 3 is 1.86 bits per heavy atom. The number of amides is 2. The molecule has 0 aliphatic heterocycles. The van der Waals surface area contributed by atoms with Crippen molar-refractivity contribution >= 4 is 35.0 Å². The van der Waals surface area contributed by atoms with Crippen LogP contribution in [0, 0.1) is 0 Å². The van der Waals surface area contributed by atoms with Gasteiger partial charge in [0.2, 0.25) is 0 Å². The molecule has 0 heterocycles. The molecule has 0 unspecified atom stereocenters. The van der Waals surface area contributed by atoms with E-state index in [4.69, 9.17) is 28.3 Å². The lowest BCUT2D eigenvalue weighted by Gasteiger charge is -2.08. The highest BCUT2D eigenvalue weighted by Gasteiger charge is 2.12. The maximum atomic E-state index is 11.8. The summed E-state index contributed by atoms with van der Waals surface area (Å²) in [6, 6.07) is 7.77. The number of carbonyl (C=O) groups excluding carboxylic acids is 2. The smallest absolute Gasteiger partial charge is 0.269 e. The molecule has 0 aliphatic rings. The third kappa shape index (κ3) is 3.60. The lowest BCUT2D eigenvalue weighted by atomic mass is 10.2. The Kier molecular flexibility index (Phi) is 4.75. The zero-order chi connectivity index (χ0) is 16.3. The van der Waals surface area contributed by atoms with Gasteiger partial charge in [0.25, 0.3) is 11.8 Å². The van der Waals surface area contributed by atoms with E-state index in [0.29, 0.717) is 5.02 Å². The molecule has 0 spiro atoms. The molecular formula is C14H10Cl2N2O4. The fraction of sp³-hybridized carbons (Fsp3) is 0. The number of carbonyl (C=O) groups is 2. The predicted octanol–water partition coefficient (Wildman–Crippen LogP) is 2.48. The highest BCUT2D eigenvalue weighted by Crippen LogP contribution is 2.25. The van der Waals surface area contributed by atoms with Crippen molar-refractivity contribution < 1.29 is 19.8 Å². The first kappa shape index (κ1) is 15.9. The highest BCUT2D eigenvalue weighted by atomic mass is 35.5. The predicted molar refractivity (Wildman–Crippen MR) is 81.2 cm³/mol. The van der Waals surface area contributed by atoms with E-state index in [1.165, 1.54) is 24.3 Å². The molecule has 22 heavy (non-hydrogen) atoms. The second-order valence-electron chi connectivity index (χ2n) is 4.24. The van der Waals surface area contributed by atoms with Crippen molar-refractivity contribution in [1.29, 1.82) is 0 Å². The average molecular weight is 341 g/mol. The van der Waals surface area contributed by atoms with E-state index in [2.05, 4.69) is 10.9 Å². The molecule has 0 atom stereocenters. The second kappa shape index (κ2) is 6.55. The summed E-state index contributed by atoms with van der Waals surface area (Å²) >= 11 is 11.5. The van der Waals surface area contributed by atoms with E-state index in [9.17, 15) is 14.7 Å². The summed E-state index contributed by atoms with van der Waals surface area (Å²) < 4.78 is 0. The van der Waals surface area contributed by atoms with Crippen LogP contribution in [0.4, 0.5) is 0 Å². The molecule has 2 amide bonds. The van der Waals surface area contributed by atoms with E-state index >= 15 is 0 Å². The van der Waals surface area contributed by atoms with Gasteiger partial charge in [0.1, 0.15) is 0 Å². The standard InChI is InChI=1S/C14H10Cl2N2O4/c15-9-3-1-7(5-10(9)16)13(21)17-18-14(22)8-2-4-11(19)12(20)6-8/h1-6,19-20H,(H,17,21)(H,18,22). The number of phenolic OH excluding ortho intramolecular Hbond substituents is 2. The van der Waals surface area contributed by atoms with Gasteiger partial charge in [-0.1, -0.05) is 23.2 Å². The number of hydrogen-bond donors (Lipinski definition) is 4. The van der Waals surface area contributed by atoms with Gasteiger partial charge in [0, 0.05) is 11.1 Å². The van der Waals surface area contributed by atoms with E-state index in [1.54, 1.807) is 0 Å². The Morgan fingerprint density at radius 2 is 1.32 bits per heavy atom. The first-order valence-electron chi connectivity index (χ1n) is 5.96. The molecule has 0 radical (unpaired) electrons. The van der Waals surface area contributed by atoms with E-state index in [0.717, 1.165) is 12.1 Å². The number of aromatic hydroxyl groups is 2. The number of hydrogen-bond acceptors (Lipinski definition) is 4. The quantitative estimate of drug-likeness (QED) is 0.498. The van der Waals surface area contributed by atoms with Crippen molar-refractivity contribution in [2.75, 3.05) is 0 Å². The highest BCUT2D eigenvalue weighted by molar-refractivity contribution is 6.42. The Hall–Kier alpha value is -2.44. The number of nitrogens with one attached hydrogen (secondary N) is 2. The largest absolute Gasteiger partial charge is 0.504 e.